The third kappa shape index (κ3) is 3.73. The number of hydrogen-bond acceptors (Lipinski definition) is 2. The largest absolute Gasteiger partial charge is 0.481 e. The van der Waals surface area contributed by atoms with Crippen molar-refractivity contribution in [3.05, 3.63) is 21.9 Å². The first-order valence-corrected chi connectivity index (χ1v) is 6.22. The van der Waals surface area contributed by atoms with Crippen molar-refractivity contribution in [3.8, 4) is 0 Å². The molecule has 0 saturated heterocycles. The molecule has 1 atom stereocenters. The maximum Gasteiger partial charge on any atom is 0.397 e. The summed E-state index contributed by atoms with van der Waals surface area (Å²) in [7, 11) is 0. The molecule has 0 aliphatic rings. The van der Waals surface area contributed by atoms with Crippen LogP contribution in [0.4, 0.5) is 13.2 Å². The van der Waals surface area contributed by atoms with E-state index in [0.29, 0.717) is 0 Å². The van der Waals surface area contributed by atoms with Crippen molar-refractivity contribution in [1.82, 2.24) is 0 Å². The van der Waals surface area contributed by atoms with Crippen LogP contribution < -0.4 is 0 Å². The Labute approximate surface area is 107 Å². The van der Waals surface area contributed by atoms with Crippen LogP contribution in [0.2, 0.25) is 0 Å². The van der Waals surface area contributed by atoms with Gasteiger partial charge in [-0.1, -0.05) is 20.8 Å². The van der Waals surface area contributed by atoms with Crippen molar-refractivity contribution in [3.63, 3.8) is 0 Å². The number of carbonyl (C=O) groups is 1. The van der Waals surface area contributed by atoms with Crippen molar-refractivity contribution >= 4 is 17.3 Å². The zero-order chi connectivity index (χ0) is 14.1. The Morgan fingerprint density at radius 2 is 1.89 bits per heavy atom. The summed E-state index contributed by atoms with van der Waals surface area (Å²) >= 11 is 1.03. The highest BCUT2D eigenvalue weighted by Crippen LogP contribution is 2.42. The Morgan fingerprint density at radius 1 is 1.33 bits per heavy atom. The maximum absolute atomic E-state index is 12.8. The molecule has 0 radical (unpaired) electrons. The van der Waals surface area contributed by atoms with Gasteiger partial charge in [0.2, 0.25) is 0 Å². The highest BCUT2D eigenvalue weighted by Gasteiger charge is 2.43. The van der Waals surface area contributed by atoms with Gasteiger partial charge in [-0.25, -0.2) is 0 Å². The Bertz CT molecular complexity index is 429. The second-order valence-corrected chi connectivity index (χ2v) is 6.26. The summed E-state index contributed by atoms with van der Waals surface area (Å²) in [4.78, 5) is 11.4. The summed E-state index contributed by atoms with van der Waals surface area (Å²) < 4.78 is 38.4. The molecule has 1 aromatic rings. The molecule has 1 aromatic heterocycles. The van der Waals surface area contributed by atoms with E-state index in [9.17, 15) is 18.0 Å². The Hall–Kier alpha value is -1.04. The lowest BCUT2D eigenvalue weighted by atomic mass is 9.95. The summed E-state index contributed by atoms with van der Waals surface area (Å²) in [5.74, 6) is -3.36. The predicted octanol–water partition coefficient (Wildman–Crippen LogP) is 4.17. The van der Waals surface area contributed by atoms with Crippen molar-refractivity contribution in [1.29, 1.82) is 0 Å². The number of halogens is 3. The zero-order valence-electron chi connectivity index (χ0n) is 10.3. The van der Waals surface area contributed by atoms with Gasteiger partial charge in [0, 0.05) is 9.75 Å². The number of rotatable bonds is 3. The summed E-state index contributed by atoms with van der Waals surface area (Å²) in [6, 6.07) is 3.02. The molecule has 0 fully saturated rings. The summed E-state index contributed by atoms with van der Waals surface area (Å²) in [5, 5.41) is 8.58. The van der Waals surface area contributed by atoms with Crippen molar-refractivity contribution < 1.29 is 23.1 Å². The van der Waals surface area contributed by atoms with Crippen LogP contribution in [0.1, 0.15) is 42.9 Å². The molecule has 18 heavy (non-hydrogen) atoms. The fourth-order valence-corrected chi connectivity index (χ4v) is 2.69. The van der Waals surface area contributed by atoms with Crippen LogP contribution in [0.5, 0.6) is 0 Å². The van der Waals surface area contributed by atoms with Crippen LogP contribution in [0.3, 0.4) is 0 Å². The monoisotopic (exact) mass is 280 g/mol. The lowest BCUT2D eigenvalue weighted by Gasteiger charge is -2.18. The SMILES string of the molecule is CC(C)(C)c1ccc(C(CC(=O)O)C(F)(F)F)s1. The standard InChI is InChI=1S/C12H15F3O2S/c1-11(2,3)9-5-4-8(18-9)7(6-10(16)17)12(13,14)15/h4-5,7H,6H2,1-3H3,(H,16,17). The van der Waals surface area contributed by atoms with Crippen LogP contribution in [0.25, 0.3) is 0 Å². The highest BCUT2D eigenvalue weighted by atomic mass is 32.1. The lowest BCUT2D eigenvalue weighted by Crippen LogP contribution is -2.22. The predicted molar refractivity (Wildman–Crippen MR) is 64.1 cm³/mol. The van der Waals surface area contributed by atoms with Crippen molar-refractivity contribution in [2.45, 2.75) is 44.7 Å². The van der Waals surface area contributed by atoms with Gasteiger partial charge in [0.25, 0.3) is 0 Å². The van der Waals surface area contributed by atoms with Gasteiger partial charge in [0.05, 0.1) is 12.3 Å². The Morgan fingerprint density at radius 3 is 2.22 bits per heavy atom. The third-order valence-corrected chi connectivity index (χ3v) is 4.11. The molecule has 0 aromatic carbocycles. The number of carboxylic acids is 1. The summed E-state index contributed by atoms with van der Waals surface area (Å²) in [5.41, 5.74) is -0.234. The second-order valence-electron chi connectivity index (χ2n) is 5.14. The molecule has 0 aliphatic carbocycles. The molecule has 6 heteroatoms. The normalized spacial score (nSPS) is 14.6. The molecule has 1 rings (SSSR count). The minimum absolute atomic E-state index is 0.0647. The Kier molecular flexibility index (Phi) is 4.10. The minimum Gasteiger partial charge on any atom is -0.481 e. The average Bonchev–Trinajstić information content (AvgIpc) is 2.59. The molecule has 2 nitrogen and oxygen atoms in total. The second kappa shape index (κ2) is 4.91. The molecule has 1 unspecified atom stereocenters. The van der Waals surface area contributed by atoms with E-state index in [-0.39, 0.29) is 10.3 Å². The number of carboxylic acid groups (broad SMARTS) is 1. The minimum atomic E-state index is -4.53. The lowest BCUT2D eigenvalue weighted by molar-refractivity contribution is -0.162. The number of alkyl halides is 3. The quantitative estimate of drug-likeness (QED) is 0.902. The molecular formula is C12H15F3O2S. The van der Waals surface area contributed by atoms with Gasteiger partial charge < -0.3 is 5.11 Å². The first-order valence-electron chi connectivity index (χ1n) is 5.40. The molecule has 0 amide bonds. The maximum atomic E-state index is 12.8. The summed E-state index contributed by atoms with van der Waals surface area (Å²) in [6.07, 6.45) is -5.45. The van der Waals surface area contributed by atoms with E-state index in [2.05, 4.69) is 0 Å². The van der Waals surface area contributed by atoms with Crippen molar-refractivity contribution in [2.75, 3.05) is 0 Å². The van der Waals surface area contributed by atoms with Gasteiger partial charge in [-0.3, -0.25) is 4.79 Å². The number of thiophene rings is 1. The molecule has 0 spiro atoms. The molecule has 0 bridgehead atoms. The van der Waals surface area contributed by atoms with Crippen LogP contribution in [0.15, 0.2) is 12.1 Å². The van der Waals surface area contributed by atoms with Gasteiger partial charge in [0.1, 0.15) is 0 Å². The first kappa shape index (κ1) is 15.0. The molecule has 0 saturated carbocycles. The number of aliphatic carboxylic acids is 1. The zero-order valence-corrected chi connectivity index (χ0v) is 11.2. The molecule has 1 heterocycles. The smallest absolute Gasteiger partial charge is 0.397 e. The average molecular weight is 280 g/mol. The van der Waals surface area contributed by atoms with Crippen LogP contribution in [-0.4, -0.2) is 17.3 Å². The molecule has 0 aliphatic heterocycles. The first-order chi connectivity index (χ1) is 8.01. The van der Waals surface area contributed by atoms with Crippen molar-refractivity contribution in [2.24, 2.45) is 0 Å². The van der Waals surface area contributed by atoms with Gasteiger partial charge in [-0.2, -0.15) is 13.2 Å². The highest BCUT2D eigenvalue weighted by molar-refractivity contribution is 7.12. The van der Waals surface area contributed by atoms with E-state index in [4.69, 9.17) is 5.11 Å². The van der Waals surface area contributed by atoms with Crippen LogP contribution in [-0.2, 0) is 10.2 Å². The third-order valence-electron chi connectivity index (χ3n) is 2.48. The van der Waals surface area contributed by atoms with Gasteiger partial charge in [0.15, 0.2) is 0 Å². The number of hydrogen-bond donors (Lipinski definition) is 1. The van der Waals surface area contributed by atoms with Crippen LogP contribution in [0, 0.1) is 0 Å². The van der Waals surface area contributed by atoms with Gasteiger partial charge >= 0.3 is 12.1 Å². The van der Waals surface area contributed by atoms with E-state index >= 15 is 0 Å². The van der Waals surface area contributed by atoms with E-state index in [1.54, 1.807) is 6.07 Å². The van der Waals surface area contributed by atoms with E-state index in [1.165, 1.54) is 6.07 Å². The fourth-order valence-electron chi connectivity index (χ4n) is 1.50. The fraction of sp³-hybridized carbons (Fsp3) is 0.583. The van der Waals surface area contributed by atoms with Gasteiger partial charge in [-0.05, 0) is 17.5 Å². The van der Waals surface area contributed by atoms with Gasteiger partial charge in [-0.15, -0.1) is 11.3 Å². The Balaban J connectivity index is 3.07. The molecule has 102 valence electrons. The topological polar surface area (TPSA) is 37.3 Å². The van der Waals surface area contributed by atoms with E-state index < -0.39 is 24.5 Å². The molecular weight excluding hydrogens is 265 g/mol. The summed E-state index contributed by atoms with van der Waals surface area (Å²) in [6.45, 7) is 5.72. The van der Waals surface area contributed by atoms with E-state index in [0.717, 1.165) is 16.2 Å². The van der Waals surface area contributed by atoms with E-state index in [1.807, 2.05) is 20.8 Å². The molecule has 1 N–H and O–H groups in total. The van der Waals surface area contributed by atoms with Crippen LogP contribution >= 0.6 is 11.3 Å².